The fourth-order valence-electron chi connectivity index (χ4n) is 1.41. The van der Waals surface area contributed by atoms with E-state index in [2.05, 4.69) is 0 Å². The number of hydrogen-bond donors (Lipinski definition) is 1. The van der Waals surface area contributed by atoms with Gasteiger partial charge >= 0.3 is 0 Å². The van der Waals surface area contributed by atoms with Crippen LogP contribution in [0.15, 0.2) is 29.2 Å². The summed E-state index contributed by atoms with van der Waals surface area (Å²) in [6.07, 6.45) is -0.816. The molecule has 0 radical (unpaired) electrons. The van der Waals surface area contributed by atoms with Crippen molar-refractivity contribution < 1.29 is 18.4 Å². The van der Waals surface area contributed by atoms with Crippen molar-refractivity contribution in [2.24, 2.45) is 0 Å². The second-order valence-corrected chi connectivity index (χ2v) is 5.93. The number of nitro groups is 1. The normalized spacial score (nSPS) is 13.6. The van der Waals surface area contributed by atoms with E-state index in [9.17, 15) is 18.5 Å². The van der Waals surface area contributed by atoms with Gasteiger partial charge in [0.15, 0.2) is 0 Å². The fraction of sp³-hybridized carbons (Fsp3) is 0.400. The van der Waals surface area contributed by atoms with Crippen LogP contribution in [0.3, 0.4) is 0 Å². The number of nitrogens with zero attached hydrogens (tertiary/aromatic N) is 2. The van der Waals surface area contributed by atoms with E-state index in [-0.39, 0.29) is 17.1 Å². The van der Waals surface area contributed by atoms with Crippen LogP contribution in [-0.4, -0.2) is 42.4 Å². The van der Waals surface area contributed by atoms with Gasteiger partial charge in [0, 0.05) is 25.7 Å². The molecule has 0 saturated carbocycles. The highest BCUT2D eigenvalue weighted by molar-refractivity contribution is 7.89. The van der Waals surface area contributed by atoms with Gasteiger partial charge in [0.25, 0.3) is 5.69 Å². The van der Waals surface area contributed by atoms with Crippen LogP contribution < -0.4 is 0 Å². The smallest absolute Gasteiger partial charge is 0.270 e. The van der Waals surface area contributed by atoms with Crippen molar-refractivity contribution in [2.45, 2.75) is 17.9 Å². The van der Waals surface area contributed by atoms with Gasteiger partial charge in [-0.1, -0.05) is 6.07 Å². The highest BCUT2D eigenvalue weighted by Gasteiger charge is 2.23. The molecule has 1 aromatic rings. The maximum atomic E-state index is 12.0. The predicted molar refractivity (Wildman–Crippen MR) is 64.6 cm³/mol. The number of benzene rings is 1. The summed E-state index contributed by atoms with van der Waals surface area (Å²) < 4.78 is 25.0. The Morgan fingerprint density at radius 3 is 2.61 bits per heavy atom. The Kier molecular flexibility index (Phi) is 4.38. The standard InChI is InChI=1S/C10H14N2O5S/c1-8(13)7-11(2)18(16,17)10-5-3-4-9(6-10)12(14)15/h3-6,8,13H,7H2,1-2H3. The first-order valence-corrected chi connectivity index (χ1v) is 6.58. The topological polar surface area (TPSA) is 101 Å². The van der Waals surface area contributed by atoms with E-state index in [1.54, 1.807) is 0 Å². The van der Waals surface area contributed by atoms with E-state index < -0.39 is 21.1 Å². The summed E-state index contributed by atoms with van der Waals surface area (Å²) in [5.41, 5.74) is -0.290. The molecule has 0 spiro atoms. The zero-order valence-corrected chi connectivity index (χ0v) is 10.8. The van der Waals surface area contributed by atoms with Crippen LogP contribution in [0.4, 0.5) is 5.69 Å². The van der Waals surface area contributed by atoms with Crippen LogP contribution in [-0.2, 0) is 10.0 Å². The Morgan fingerprint density at radius 1 is 1.50 bits per heavy atom. The summed E-state index contributed by atoms with van der Waals surface area (Å²) in [5.74, 6) is 0. The molecule has 1 N–H and O–H groups in total. The molecule has 0 amide bonds. The summed E-state index contributed by atoms with van der Waals surface area (Å²) in [6.45, 7) is 1.38. The van der Waals surface area contributed by atoms with Crippen molar-refractivity contribution in [3.63, 3.8) is 0 Å². The lowest BCUT2D eigenvalue weighted by atomic mass is 10.3. The first-order chi connectivity index (χ1) is 8.25. The quantitative estimate of drug-likeness (QED) is 0.625. The number of nitro benzene ring substituents is 1. The van der Waals surface area contributed by atoms with Gasteiger partial charge in [-0.25, -0.2) is 8.42 Å². The van der Waals surface area contributed by atoms with Crippen molar-refractivity contribution in [2.75, 3.05) is 13.6 Å². The minimum atomic E-state index is -3.82. The number of hydrogen-bond acceptors (Lipinski definition) is 5. The number of rotatable bonds is 5. The Morgan fingerprint density at radius 2 is 2.11 bits per heavy atom. The van der Waals surface area contributed by atoms with Crippen LogP contribution >= 0.6 is 0 Å². The third-order valence-electron chi connectivity index (χ3n) is 2.26. The van der Waals surface area contributed by atoms with Crippen molar-refractivity contribution >= 4 is 15.7 Å². The third kappa shape index (κ3) is 3.25. The molecular weight excluding hydrogens is 260 g/mol. The van der Waals surface area contributed by atoms with Crippen LogP contribution in [0, 0.1) is 10.1 Å². The van der Waals surface area contributed by atoms with Gasteiger partial charge < -0.3 is 5.11 Å². The molecule has 100 valence electrons. The fourth-order valence-corrected chi connectivity index (χ4v) is 2.70. The molecule has 0 fully saturated rings. The monoisotopic (exact) mass is 274 g/mol. The number of aliphatic hydroxyl groups is 1. The maximum absolute atomic E-state index is 12.0. The SMILES string of the molecule is CC(O)CN(C)S(=O)(=O)c1cccc([N+](=O)[O-])c1. The molecule has 0 heterocycles. The van der Waals surface area contributed by atoms with Gasteiger partial charge in [0.05, 0.1) is 15.9 Å². The van der Waals surface area contributed by atoms with Gasteiger partial charge in [0.1, 0.15) is 0 Å². The zero-order valence-electron chi connectivity index (χ0n) is 9.98. The lowest BCUT2D eigenvalue weighted by Crippen LogP contribution is -2.33. The van der Waals surface area contributed by atoms with E-state index >= 15 is 0 Å². The van der Waals surface area contributed by atoms with Crippen molar-refractivity contribution in [1.82, 2.24) is 4.31 Å². The maximum Gasteiger partial charge on any atom is 0.270 e. The van der Waals surface area contributed by atoms with Crippen LogP contribution in [0.25, 0.3) is 0 Å². The van der Waals surface area contributed by atoms with E-state index in [1.807, 2.05) is 0 Å². The molecule has 7 nitrogen and oxygen atoms in total. The molecule has 18 heavy (non-hydrogen) atoms. The van der Waals surface area contributed by atoms with Crippen molar-refractivity contribution in [3.8, 4) is 0 Å². The van der Waals surface area contributed by atoms with Crippen LogP contribution in [0.2, 0.25) is 0 Å². The first kappa shape index (κ1) is 14.6. The molecule has 0 aliphatic rings. The molecule has 0 bridgehead atoms. The molecule has 1 rings (SSSR count). The number of sulfonamides is 1. The Hall–Kier alpha value is -1.51. The minimum Gasteiger partial charge on any atom is -0.392 e. The van der Waals surface area contributed by atoms with Crippen LogP contribution in [0.5, 0.6) is 0 Å². The number of aliphatic hydroxyl groups excluding tert-OH is 1. The van der Waals surface area contributed by atoms with Crippen LogP contribution in [0.1, 0.15) is 6.92 Å². The highest BCUT2D eigenvalue weighted by atomic mass is 32.2. The predicted octanol–water partition coefficient (Wildman–Crippen LogP) is 0.596. The second kappa shape index (κ2) is 5.42. The van der Waals surface area contributed by atoms with E-state index in [0.717, 1.165) is 10.4 Å². The van der Waals surface area contributed by atoms with E-state index in [1.165, 1.54) is 32.2 Å². The van der Waals surface area contributed by atoms with E-state index in [4.69, 9.17) is 5.11 Å². The lowest BCUT2D eigenvalue weighted by molar-refractivity contribution is -0.385. The summed E-state index contributed by atoms with van der Waals surface area (Å²) in [7, 11) is -2.51. The molecule has 8 heteroatoms. The van der Waals surface area contributed by atoms with Gasteiger partial charge in [-0.05, 0) is 13.0 Å². The summed E-state index contributed by atoms with van der Waals surface area (Å²) in [4.78, 5) is 9.76. The summed E-state index contributed by atoms with van der Waals surface area (Å²) in [5, 5.41) is 19.7. The molecule has 1 aromatic carbocycles. The van der Waals surface area contributed by atoms with Gasteiger partial charge in [-0.3, -0.25) is 10.1 Å². The molecule has 0 aliphatic heterocycles. The largest absolute Gasteiger partial charge is 0.392 e. The molecule has 1 atom stereocenters. The molecule has 0 aliphatic carbocycles. The lowest BCUT2D eigenvalue weighted by Gasteiger charge is -2.18. The second-order valence-electron chi connectivity index (χ2n) is 3.89. The minimum absolute atomic E-state index is 0.0783. The Bertz CT molecular complexity index is 541. The first-order valence-electron chi connectivity index (χ1n) is 5.14. The Balaban J connectivity index is 3.12. The Labute approximate surface area is 105 Å². The summed E-state index contributed by atoms with van der Waals surface area (Å²) >= 11 is 0. The van der Waals surface area contributed by atoms with Gasteiger partial charge in [-0.15, -0.1) is 0 Å². The highest BCUT2D eigenvalue weighted by Crippen LogP contribution is 2.20. The van der Waals surface area contributed by atoms with E-state index in [0.29, 0.717) is 0 Å². The number of likely N-dealkylation sites (N-methyl/N-ethyl adjacent to an activating group) is 1. The average Bonchev–Trinajstić information content (AvgIpc) is 2.28. The number of non-ortho nitro benzene ring substituents is 1. The zero-order chi connectivity index (χ0) is 13.9. The average molecular weight is 274 g/mol. The summed E-state index contributed by atoms with van der Waals surface area (Å²) in [6, 6.07) is 4.80. The van der Waals surface area contributed by atoms with Gasteiger partial charge in [0.2, 0.25) is 10.0 Å². The molecule has 0 saturated heterocycles. The molecular formula is C10H14N2O5S. The molecule has 1 unspecified atom stereocenters. The van der Waals surface area contributed by atoms with Crippen molar-refractivity contribution in [1.29, 1.82) is 0 Å². The van der Waals surface area contributed by atoms with Gasteiger partial charge in [-0.2, -0.15) is 4.31 Å². The van der Waals surface area contributed by atoms with Crippen molar-refractivity contribution in [3.05, 3.63) is 34.4 Å². The molecule has 0 aromatic heterocycles. The third-order valence-corrected chi connectivity index (χ3v) is 4.08.